The van der Waals surface area contributed by atoms with E-state index in [-0.39, 0.29) is 11.8 Å². The molecule has 0 fully saturated rings. The van der Waals surface area contributed by atoms with Crippen LogP contribution in [-0.4, -0.2) is 7.11 Å². The third-order valence-corrected chi connectivity index (χ3v) is 2.05. The van der Waals surface area contributed by atoms with Crippen molar-refractivity contribution in [3.63, 3.8) is 0 Å². The van der Waals surface area contributed by atoms with E-state index in [4.69, 9.17) is 10.5 Å². The molecule has 0 amide bonds. The molecular weight excluding hydrogens is 207 g/mol. The number of benzene rings is 1. The molecule has 0 unspecified atom stereocenters. The Morgan fingerprint density at radius 3 is 2.33 bits per heavy atom. The summed E-state index contributed by atoms with van der Waals surface area (Å²) < 4.78 is 41.9. The predicted octanol–water partition coefficient (Wildman–Crippen LogP) is 2.73. The van der Waals surface area contributed by atoms with Crippen molar-refractivity contribution in [2.75, 3.05) is 7.11 Å². The van der Waals surface area contributed by atoms with Gasteiger partial charge in [-0.1, -0.05) is 6.07 Å². The molecule has 5 heteroatoms. The first-order valence-electron chi connectivity index (χ1n) is 4.37. The second kappa shape index (κ2) is 4.10. The van der Waals surface area contributed by atoms with Gasteiger partial charge in [-0.05, 0) is 19.1 Å². The summed E-state index contributed by atoms with van der Waals surface area (Å²) in [5.74, 6) is 0.167. The van der Waals surface area contributed by atoms with Crippen LogP contribution in [0.3, 0.4) is 0 Å². The third kappa shape index (κ3) is 2.62. The number of hydrogen-bond donors (Lipinski definition) is 1. The first-order valence-corrected chi connectivity index (χ1v) is 4.37. The highest BCUT2D eigenvalue weighted by Gasteiger charge is 2.31. The Labute approximate surface area is 85.8 Å². The molecule has 2 nitrogen and oxygen atoms in total. The fourth-order valence-corrected chi connectivity index (χ4v) is 1.26. The topological polar surface area (TPSA) is 35.2 Å². The second-order valence-corrected chi connectivity index (χ2v) is 3.24. The van der Waals surface area contributed by atoms with Crippen molar-refractivity contribution >= 4 is 0 Å². The van der Waals surface area contributed by atoms with E-state index < -0.39 is 11.7 Å². The first kappa shape index (κ1) is 11.8. The molecule has 1 rings (SSSR count). The molecule has 84 valence electrons. The molecule has 2 N–H and O–H groups in total. The fraction of sp³-hybridized carbons (Fsp3) is 0.400. The minimum absolute atomic E-state index is 0.167. The van der Waals surface area contributed by atoms with E-state index in [1.165, 1.54) is 13.2 Å². The molecule has 0 radical (unpaired) electrons. The van der Waals surface area contributed by atoms with Crippen LogP contribution in [0.2, 0.25) is 0 Å². The zero-order valence-electron chi connectivity index (χ0n) is 8.43. The highest BCUT2D eigenvalue weighted by Crippen LogP contribution is 2.34. The molecule has 0 aromatic heterocycles. The lowest BCUT2D eigenvalue weighted by atomic mass is 10.0. The van der Waals surface area contributed by atoms with E-state index in [9.17, 15) is 13.2 Å². The number of halogens is 3. The Morgan fingerprint density at radius 1 is 1.33 bits per heavy atom. The summed E-state index contributed by atoms with van der Waals surface area (Å²) in [5.41, 5.74) is 5.42. The molecule has 15 heavy (non-hydrogen) atoms. The van der Waals surface area contributed by atoms with E-state index in [0.29, 0.717) is 5.56 Å². The van der Waals surface area contributed by atoms with Crippen molar-refractivity contribution in [1.82, 2.24) is 0 Å². The van der Waals surface area contributed by atoms with E-state index in [0.717, 1.165) is 12.1 Å². The average molecular weight is 219 g/mol. The molecule has 0 spiro atoms. The van der Waals surface area contributed by atoms with Crippen LogP contribution in [0.15, 0.2) is 18.2 Å². The third-order valence-electron chi connectivity index (χ3n) is 2.05. The molecule has 0 aliphatic heterocycles. The lowest BCUT2D eigenvalue weighted by molar-refractivity contribution is -0.137. The van der Waals surface area contributed by atoms with Crippen LogP contribution >= 0.6 is 0 Å². The first-order chi connectivity index (χ1) is 6.86. The monoisotopic (exact) mass is 219 g/mol. The summed E-state index contributed by atoms with van der Waals surface area (Å²) in [6.07, 6.45) is -4.36. The molecule has 1 aromatic carbocycles. The highest BCUT2D eigenvalue weighted by molar-refractivity contribution is 5.40. The van der Waals surface area contributed by atoms with E-state index in [1.54, 1.807) is 6.92 Å². The number of alkyl halides is 3. The smallest absolute Gasteiger partial charge is 0.416 e. The summed E-state index contributed by atoms with van der Waals surface area (Å²) in [7, 11) is 1.32. The Bertz CT molecular complexity index is 347. The summed E-state index contributed by atoms with van der Waals surface area (Å²) >= 11 is 0. The average Bonchev–Trinajstić information content (AvgIpc) is 2.15. The number of methoxy groups -OCH3 is 1. The van der Waals surface area contributed by atoms with Crippen molar-refractivity contribution in [3.05, 3.63) is 29.3 Å². The van der Waals surface area contributed by atoms with Crippen molar-refractivity contribution in [3.8, 4) is 5.75 Å². The summed E-state index contributed by atoms with van der Waals surface area (Å²) in [6.45, 7) is 1.69. The van der Waals surface area contributed by atoms with Crippen molar-refractivity contribution < 1.29 is 17.9 Å². The van der Waals surface area contributed by atoms with Gasteiger partial charge in [0.05, 0.1) is 12.7 Å². The van der Waals surface area contributed by atoms with Crippen molar-refractivity contribution in [1.29, 1.82) is 0 Å². The van der Waals surface area contributed by atoms with Gasteiger partial charge in [-0.2, -0.15) is 13.2 Å². The maximum atomic E-state index is 12.4. The minimum atomic E-state index is -4.36. The van der Waals surface area contributed by atoms with Crippen LogP contribution in [0.4, 0.5) is 13.2 Å². The summed E-state index contributed by atoms with van der Waals surface area (Å²) in [5, 5.41) is 0. The second-order valence-electron chi connectivity index (χ2n) is 3.24. The van der Waals surface area contributed by atoms with Crippen molar-refractivity contribution in [2.45, 2.75) is 19.1 Å². The van der Waals surface area contributed by atoms with Gasteiger partial charge >= 0.3 is 6.18 Å². The number of rotatable bonds is 2. The standard InChI is InChI=1S/C10H12F3NO/c1-6(14)8-4-3-7(10(11,12)13)5-9(8)15-2/h3-6H,14H2,1-2H3/t6-/m1/s1. The largest absolute Gasteiger partial charge is 0.496 e. The number of ether oxygens (including phenoxy) is 1. The van der Waals surface area contributed by atoms with E-state index in [1.807, 2.05) is 0 Å². The highest BCUT2D eigenvalue weighted by atomic mass is 19.4. The van der Waals surface area contributed by atoms with Gasteiger partial charge in [-0.25, -0.2) is 0 Å². The lowest BCUT2D eigenvalue weighted by Crippen LogP contribution is -2.10. The van der Waals surface area contributed by atoms with Crippen LogP contribution < -0.4 is 10.5 Å². The molecule has 0 heterocycles. The van der Waals surface area contributed by atoms with Gasteiger partial charge < -0.3 is 10.5 Å². The summed E-state index contributed by atoms with van der Waals surface area (Å²) in [4.78, 5) is 0. The van der Waals surface area contributed by atoms with Crippen LogP contribution in [0.25, 0.3) is 0 Å². The summed E-state index contributed by atoms with van der Waals surface area (Å²) in [6, 6.07) is 2.94. The molecule has 0 saturated carbocycles. The maximum Gasteiger partial charge on any atom is 0.416 e. The van der Waals surface area contributed by atoms with Gasteiger partial charge in [-0.3, -0.25) is 0 Å². The van der Waals surface area contributed by atoms with Gasteiger partial charge in [0.1, 0.15) is 5.75 Å². The normalized spacial score (nSPS) is 13.7. The van der Waals surface area contributed by atoms with Gasteiger partial charge in [0.15, 0.2) is 0 Å². The Hall–Kier alpha value is -1.23. The molecule has 0 aliphatic carbocycles. The van der Waals surface area contributed by atoms with Gasteiger partial charge in [0.2, 0.25) is 0 Å². The van der Waals surface area contributed by atoms with Gasteiger partial charge in [0, 0.05) is 11.6 Å². The van der Waals surface area contributed by atoms with Crippen LogP contribution in [0.5, 0.6) is 5.75 Å². The van der Waals surface area contributed by atoms with Crippen molar-refractivity contribution in [2.24, 2.45) is 5.73 Å². The zero-order chi connectivity index (χ0) is 11.6. The van der Waals surface area contributed by atoms with E-state index >= 15 is 0 Å². The molecule has 1 atom stereocenters. The minimum Gasteiger partial charge on any atom is -0.496 e. The van der Waals surface area contributed by atoms with Crippen LogP contribution in [-0.2, 0) is 6.18 Å². The van der Waals surface area contributed by atoms with Crippen LogP contribution in [0.1, 0.15) is 24.1 Å². The number of hydrogen-bond acceptors (Lipinski definition) is 2. The molecule has 1 aromatic rings. The molecule has 0 aliphatic rings. The van der Waals surface area contributed by atoms with Gasteiger partial charge in [-0.15, -0.1) is 0 Å². The van der Waals surface area contributed by atoms with Crippen LogP contribution in [0, 0.1) is 0 Å². The molecule has 0 saturated heterocycles. The van der Waals surface area contributed by atoms with Gasteiger partial charge in [0.25, 0.3) is 0 Å². The molecular formula is C10H12F3NO. The Balaban J connectivity index is 3.19. The Morgan fingerprint density at radius 2 is 1.93 bits per heavy atom. The van der Waals surface area contributed by atoms with E-state index in [2.05, 4.69) is 0 Å². The Kier molecular flexibility index (Phi) is 3.24. The lowest BCUT2D eigenvalue weighted by Gasteiger charge is -2.14. The predicted molar refractivity (Wildman–Crippen MR) is 50.6 cm³/mol. The quantitative estimate of drug-likeness (QED) is 0.830. The number of nitrogens with two attached hydrogens (primary N) is 1. The fourth-order valence-electron chi connectivity index (χ4n) is 1.26. The zero-order valence-corrected chi connectivity index (χ0v) is 8.43. The maximum absolute atomic E-state index is 12.4. The molecule has 0 bridgehead atoms. The SMILES string of the molecule is COc1cc(C(F)(F)F)ccc1[C@@H](C)N.